The number of ether oxygens (including phenoxy) is 1. The highest BCUT2D eigenvalue weighted by Crippen LogP contribution is 2.44. The van der Waals surface area contributed by atoms with Crippen LogP contribution in [-0.2, 0) is 27.3 Å². The molecule has 1 N–H and O–H groups in total. The van der Waals surface area contributed by atoms with Crippen LogP contribution in [0.25, 0.3) is 11.9 Å². The van der Waals surface area contributed by atoms with E-state index in [9.17, 15) is 14.4 Å². The van der Waals surface area contributed by atoms with Gasteiger partial charge >= 0.3 is 12.1 Å². The van der Waals surface area contributed by atoms with Crippen molar-refractivity contribution in [2.75, 3.05) is 13.2 Å². The molecule has 30 heavy (non-hydrogen) atoms. The minimum Gasteiger partial charge on any atom is -0.477 e. The molecular weight excluding hydrogens is 412 g/mol. The van der Waals surface area contributed by atoms with Crippen LogP contribution in [0.15, 0.2) is 22.9 Å². The molecule has 0 aliphatic carbocycles. The van der Waals surface area contributed by atoms with Gasteiger partial charge in [-0.3, -0.25) is 9.69 Å². The Hall–Kier alpha value is -3.41. The molecule has 3 aliphatic heterocycles. The van der Waals surface area contributed by atoms with Gasteiger partial charge in [0.05, 0.1) is 24.4 Å². The summed E-state index contributed by atoms with van der Waals surface area (Å²) in [5.74, 6) is -0.762. The number of carboxylic acid groups (broad SMARTS) is 1. The Bertz CT molecular complexity index is 1170. The van der Waals surface area contributed by atoms with Crippen LogP contribution in [0.1, 0.15) is 24.0 Å². The van der Waals surface area contributed by atoms with Crippen molar-refractivity contribution in [2.45, 2.75) is 25.3 Å². The topological polar surface area (TPSA) is 130 Å². The fourth-order valence-electron chi connectivity index (χ4n) is 3.69. The van der Waals surface area contributed by atoms with Crippen LogP contribution in [-0.4, -0.2) is 71.0 Å². The van der Waals surface area contributed by atoms with Gasteiger partial charge in [-0.25, -0.2) is 19.1 Å². The molecule has 1 atom stereocenters. The predicted octanol–water partition coefficient (Wildman–Crippen LogP) is 0.863. The van der Waals surface area contributed by atoms with Crippen LogP contribution in [0.2, 0.25) is 0 Å². The van der Waals surface area contributed by atoms with Crippen molar-refractivity contribution in [3.63, 3.8) is 0 Å². The van der Waals surface area contributed by atoms with E-state index in [0.29, 0.717) is 43.3 Å². The second-order valence-electron chi connectivity index (χ2n) is 6.85. The van der Waals surface area contributed by atoms with Gasteiger partial charge in [-0.15, -0.1) is 16.9 Å². The number of carbonyl (C=O) groups excluding carboxylic acids is 2. The molecule has 5 rings (SSSR count). The molecule has 0 saturated carbocycles. The fourth-order valence-corrected chi connectivity index (χ4v) is 4.81. The average molecular weight is 428 g/mol. The van der Waals surface area contributed by atoms with Crippen molar-refractivity contribution in [3.05, 3.63) is 40.0 Å². The summed E-state index contributed by atoms with van der Waals surface area (Å²) >= 11 is 1.26. The molecule has 5 heterocycles. The summed E-state index contributed by atoms with van der Waals surface area (Å²) in [5.41, 5.74) is 2.20. The molecule has 0 spiro atoms. The Kier molecular flexibility index (Phi) is 4.24. The summed E-state index contributed by atoms with van der Waals surface area (Å²) in [7, 11) is 0. The number of hydrogen-bond acceptors (Lipinski definition) is 8. The zero-order valence-electron chi connectivity index (χ0n) is 15.8. The second kappa shape index (κ2) is 6.83. The van der Waals surface area contributed by atoms with Gasteiger partial charge in [0.15, 0.2) is 5.82 Å². The standard InChI is InChI=1S/C18H16N6O5S/c1-2-29-18(28)22-4-3-11-9(7-22)6-19-17-20-13(21-24(11)17)5-10-14(25)23-12(16(26)27)8-30-15(10)23/h5-6,8,15H,2-4,7H2,1H3,(H,26,27)/b10-5-/t15-/m1/s1. The lowest BCUT2D eigenvalue weighted by Crippen LogP contribution is -2.51. The number of hydrogen-bond donors (Lipinski definition) is 1. The summed E-state index contributed by atoms with van der Waals surface area (Å²) in [6, 6.07) is 0. The summed E-state index contributed by atoms with van der Waals surface area (Å²) in [6.45, 7) is 2.96. The van der Waals surface area contributed by atoms with E-state index in [-0.39, 0.29) is 23.1 Å². The van der Waals surface area contributed by atoms with E-state index in [1.807, 2.05) is 0 Å². The van der Waals surface area contributed by atoms with Gasteiger partial charge < -0.3 is 14.7 Å². The van der Waals surface area contributed by atoms with Crippen LogP contribution in [0, 0.1) is 0 Å². The van der Waals surface area contributed by atoms with Gasteiger partial charge in [-0.1, -0.05) is 0 Å². The zero-order chi connectivity index (χ0) is 21.0. The van der Waals surface area contributed by atoms with Crippen LogP contribution in [0.3, 0.4) is 0 Å². The quantitative estimate of drug-likeness (QED) is 0.559. The van der Waals surface area contributed by atoms with Crippen molar-refractivity contribution >= 4 is 41.6 Å². The molecule has 154 valence electrons. The number of carboxylic acids is 1. The van der Waals surface area contributed by atoms with Gasteiger partial charge in [-0.05, 0) is 13.0 Å². The minimum absolute atomic E-state index is 0.0167. The van der Waals surface area contributed by atoms with Crippen molar-refractivity contribution in [1.29, 1.82) is 0 Å². The number of β-lactam (4-membered cyclic amide) rings is 1. The third-order valence-electron chi connectivity index (χ3n) is 5.11. The molecule has 11 nitrogen and oxygen atoms in total. The number of carbonyl (C=O) groups is 3. The highest BCUT2D eigenvalue weighted by atomic mass is 32.2. The number of nitrogens with zero attached hydrogens (tertiary/aromatic N) is 6. The third-order valence-corrected chi connectivity index (χ3v) is 6.19. The Morgan fingerprint density at radius 2 is 2.27 bits per heavy atom. The van der Waals surface area contributed by atoms with Gasteiger partial charge in [0.1, 0.15) is 11.1 Å². The monoisotopic (exact) mass is 428 g/mol. The largest absolute Gasteiger partial charge is 0.477 e. The van der Waals surface area contributed by atoms with Gasteiger partial charge in [-0.2, -0.15) is 4.98 Å². The number of fused-ring (bicyclic) bond motifs is 4. The number of thioether (sulfide) groups is 1. The van der Waals surface area contributed by atoms with E-state index in [4.69, 9.17) is 9.84 Å². The van der Waals surface area contributed by atoms with Gasteiger partial charge in [0.2, 0.25) is 0 Å². The Balaban J connectivity index is 1.41. The predicted molar refractivity (Wildman–Crippen MR) is 104 cm³/mol. The first-order valence-corrected chi connectivity index (χ1v) is 10.2. The summed E-state index contributed by atoms with van der Waals surface area (Å²) < 4.78 is 6.70. The molecule has 12 heteroatoms. The lowest BCUT2D eigenvalue weighted by atomic mass is 10.0. The first-order valence-electron chi connectivity index (χ1n) is 9.27. The van der Waals surface area contributed by atoms with E-state index >= 15 is 0 Å². The van der Waals surface area contributed by atoms with Crippen molar-refractivity contribution in [3.8, 4) is 0 Å². The summed E-state index contributed by atoms with van der Waals surface area (Å²) in [4.78, 5) is 47.1. The van der Waals surface area contributed by atoms with Crippen molar-refractivity contribution in [1.82, 2.24) is 29.4 Å². The van der Waals surface area contributed by atoms with Gasteiger partial charge in [0.25, 0.3) is 11.7 Å². The van der Waals surface area contributed by atoms with E-state index in [0.717, 1.165) is 11.3 Å². The molecular formula is C18H16N6O5S. The van der Waals surface area contributed by atoms with E-state index in [1.165, 1.54) is 22.1 Å². The molecule has 0 aromatic carbocycles. The molecule has 2 aromatic heterocycles. The average Bonchev–Trinajstić information content (AvgIpc) is 3.33. The second-order valence-corrected chi connectivity index (χ2v) is 7.81. The molecule has 0 bridgehead atoms. The molecule has 0 unspecified atom stereocenters. The van der Waals surface area contributed by atoms with Crippen LogP contribution in [0.4, 0.5) is 4.79 Å². The minimum atomic E-state index is -1.13. The molecule has 1 saturated heterocycles. The normalized spacial score (nSPS) is 21.4. The van der Waals surface area contributed by atoms with Crippen LogP contribution >= 0.6 is 11.8 Å². The Morgan fingerprint density at radius 3 is 3.03 bits per heavy atom. The third kappa shape index (κ3) is 2.75. The van der Waals surface area contributed by atoms with Crippen LogP contribution in [0.5, 0.6) is 0 Å². The van der Waals surface area contributed by atoms with E-state index in [1.54, 1.807) is 28.6 Å². The lowest BCUT2D eigenvalue weighted by molar-refractivity contribution is -0.141. The molecule has 2 amide bonds. The fraction of sp³-hybridized carbons (Fsp3) is 0.333. The van der Waals surface area contributed by atoms with Crippen LogP contribution < -0.4 is 0 Å². The van der Waals surface area contributed by atoms with E-state index in [2.05, 4.69) is 15.1 Å². The zero-order valence-corrected chi connectivity index (χ0v) is 16.6. The first-order chi connectivity index (χ1) is 14.5. The smallest absolute Gasteiger partial charge is 0.410 e. The van der Waals surface area contributed by atoms with Crippen molar-refractivity contribution in [2.24, 2.45) is 0 Å². The summed E-state index contributed by atoms with van der Waals surface area (Å²) in [5, 5.41) is 14.7. The van der Waals surface area contributed by atoms with Gasteiger partial charge in [0, 0.05) is 30.1 Å². The Labute approximate surface area is 174 Å². The maximum atomic E-state index is 12.4. The number of amides is 2. The highest BCUT2D eigenvalue weighted by molar-refractivity contribution is 8.03. The number of aliphatic carboxylic acids is 1. The summed E-state index contributed by atoms with van der Waals surface area (Å²) in [6.07, 6.45) is 3.46. The molecule has 2 aromatic rings. The molecule has 3 aliphatic rings. The maximum Gasteiger partial charge on any atom is 0.410 e. The first kappa shape index (κ1) is 18.6. The number of rotatable bonds is 3. The molecule has 0 radical (unpaired) electrons. The van der Waals surface area contributed by atoms with Crippen molar-refractivity contribution < 1.29 is 24.2 Å². The van der Waals surface area contributed by atoms with E-state index < -0.39 is 5.97 Å². The maximum absolute atomic E-state index is 12.4. The lowest BCUT2D eigenvalue weighted by Gasteiger charge is -2.36. The SMILES string of the molecule is CCOC(=O)N1CCc2c(cnc3nc(/C=C4/C(=O)N5C(C(=O)O)=CS[C@H]45)nn23)C1. The Morgan fingerprint density at radius 1 is 1.43 bits per heavy atom. The number of aromatic nitrogens is 4. The highest BCUT2D eigenvalue weighted by Gasteiger charge is 2.49. The molecule has 1 fully saturated rings.